The number of piperazine rings is 1. The van der Waals surface area contributed by atoms with Crippen molar-refractivity contribution in [3.8, 4) is 0 Å². The van der Waals surface area contributed by atoms with Crippen molar-refractivity contribution in [1.29, 1.82) is 0 Å². The Morgan fingerprint density at radius 1 is 1.03 bits per heavy atom. The number of nitrogens with zero attached hydrogens (tertiary/aromatic N) is 1. The Labute approximate surface area is 187 Å². The van der Waals surface area contributed by atoms with Gasteiger partial charge in [-0.15, -0.1) is 0 Å². The SMILES string of the molecule is CC(=O)Nc1ccc(C(F)(F)F)cc1NC(=O)c1ccc(S(=O)(=O)N2CCNC(=O)C2)cc1. The maximum absolute atomic E-state index is 13.1. The zero-order valence-corrected chi connectivity index (χ0v) is 18.0. The summed E-state index contributed by atoms with van der Waals surface area (Å²) in [6.45, 7) is 1.10. The fraction of sp³-hybridized carbons (Fsp3) is 0.250. The van der Waals surface area contributed by atoms with E-state index in [2.05, 4.69) is 16.0 Å². The third-order valence-electron chi connectivity index (χ3n) is 4.66. The van der Waals surface area contributed by atoms with Gasteiger partial charge in [0.15, 0.2) is 0 Å². The van der Waals surface area contributed by atoms with E-state index in [1.807, 2.05) is 0 Å². The second kappa shape index (κ2) is 9.19. The highest BCUT2D eigenvalue weighted by Crippen LogP contribution is 2.34. The molecule has 0 spiro atoms. The number of anilines is 2. The number of carbonyl (C=O) groups is 3. The molecule has 3 rings (SSSR count). The number of hydrogen-bond donors (Lipinski definition) is 3. The molecule has 0 unspecified atom stereocenters. The second-order valence-corrected chi connectivity index (χ2v) is 9.04. The quantitative estimate of drug-likeness (QED) is 0.599. The van der Waals surface area contributed by atoms with Gasteiger partial charge in [0, 0.05) is 25.6 Å². The summed E-state index contributed by atoms with van der Waals surface area (Å²) in [5, 5.41) is 7.16. The van der Waals surface area contributed by atoms with Crippen molar-refractivity contribution in [3.05, 3.63) is 53.6 Å². The molecule has 1 saturated heterocycles. The van der Waals surface area contributed by atoms with Gasteiger partial charge in [-0.3, -0.25) is 14.4 Å². The molecule has 0 bridgehead atoms. The van der Waals surface area contributed by atoms with E-state index in [1.54, 1.807) is 0 Å². The number of hydrogen-bond acceptors (Lipinski definition) is 5. The van der Waals surface area contributed by atoms with Gasteiger partial charge in [0.1, 0.15) is 0 Å². The maximum atomic E-state index is 13.1. The molecular formula is C20H19F3N4O5S. The largest absolute Gasteiger partial charge is 0.416 e. The highest BCUT2D eigenvalue weighted by Gasteiger charge is 2.32. The van der Waals surface area contributed by atoms with Crippen LogP contribution in [0.4, 0.5) is 24.5 Å². The van der Waals surface area contributed by atoms with E-state index < -0.39 is 39.5 Å². The molecule has 1 heterocycles. The molecule has 0 radical (unpaired) electrons. The summed E-state index contributed by atoms with van der Waals surface area (Å²) in [6.07, 6.45) is -4.67. The number of benzene rings is 2. The fourth-order valence-electron chi connectivity index (χ4n) is 3.06. The standard InChI is InChI=1S/C20H19F3N4O5S/c1-12(28)25-16-7-4-14(20(21,22)23)10-17(16)26-19(30)13-2-5-15(6-3-13)33(31,32)27-9-8-24-18(29)11-27/h2-7,10H,8-9,11H2,1H3,(H,24,29)(H,25,28)(H,26,30). The van der Waals surface area contributed by atoms with Crippen LogP contribution in [-0.4, -0.2) is 50.1 Å². The third-order valence-corrected chi connectivity index (χ3v) is 6.52. The van der Waals surface area contributed by atoms with Gasteiger partial charge in [-0.1, -0.05) is 0 Å². The van der Waals surface area contributed by atoms with Gasteiger partial charge in [0.2, 0.25) is 21.8 Å². The summed E-state index contributed by atoms with van der Waals surface area (Å²) in [4.78, 5) is 35.3. The van der Waals surface area contributed by atoms with Crippen LogP contribution in [0.1, 0.15) is 22.8 Å². The Morgan fingerprint density at radius 3 is 2.27 bits per heavy atom. The molecule has 2 aromatic carbocycles. The van der Waals surface area contributed by atoms with E-state index >= 15 is 0 Å². The van der Waals surface area contributed by atoms with Gasteiger partial charge in [-0.25, -0.2) is 8.42 Å². The molecule has 9 nitrogen and oxygen atoms in total. The molecule has 1 aliphatic heterocycles. The van der Waals surface area contributed by atoms with Crippen LogP contribution in [0.2, 0.25) is 0 Å². The first-order valence-corrected chi connectivity index (χ1v) is 11.0. The summed E-state index contributed by atoms with van der Waals surface area (Å²) in [7, 11) is -3.97. The van der Waals surface area contributed by atoms with Crippen molar-refractivity contribution in [2.24, 2.45) is 0 Å². The van der Waals surface area contributed by atoms with Crippen LogP contribution in [0.25, 0.3) is 0 Å². The van der Waals surface area contributed by atoms with Crippen LogP contribution in [0, 0.1) is 0 Å². The minimum absolute atomic E-state index is 0.0310. The molecule has 176 valence electrons. The van der Waals surface area contributed by atoms with E-state index in [0.29, 0.717) is 6.07 Å². The summed E-state index contributed by atoms with van der Waals surface area (Å²) in [5.41, 5.74) is -1.37. The first-order chi connectivity index (χ1) is 15.4. The predicted molar refractivity (Wildman–Crippen MR) is 112 cm³/mol. The Bertz CT molecular complexity index is 1200. The normalized spacial score (nSPS) is 15.0. The van der Waals surface area contributed by atoms with Gasteiger partial charge >= 0.3 is 6.18 Å². The summed E-state index contributed by atoms with van der Waals surface area (Å²) in [6, 6.07) is 7.18. The predicted octanol–water partition coefficient (Wildman–Crippen LogP) is 2.04. The van der Waals surface area contributed by atoms with Crippen molar-refractivity contribution < 1.29 is 36.0 Å². The molecule has 2 aromatic rings. The summed E-state index contributed by atoms with van der Waals surface area (Å²) >= 11 is 0. The van der Waals surface area contributed by atoms with Crippen molar-refractivity contribution in [1.82, 2.24) is 9.62 Å². The topological polar surface area (TPSA) is 125 Å². The van der Waals surface area contributed by atoms with Crippen LogP contribution < -0.4 is 16.0 Å². The molecule has 33 heavy (non-hydrogen) atoms. The maximum Gasteiger partial charge on any atom is 0.416 e. The van der Waals surface area contributed by atoms with E-state index in [-0.39, 0.29) is 41.5 Å². The Morgan fingerprint density at radius 2 is 1.70 bits per heavy atom. The Kier molecular flexibility index (Phi) is 6.74. The van der Waals surface area contributed by atoms with Gasteiger partial charge in [0.25, 0.3) is 5.91 Å². The van der Waals surface area contributed by atoms with Crippen molar-refractivity contribution in [2.75, 3.05) is 30.3 Å². The Hall–Kier alpha value is -3.45. The van der Waals surface area contributed by atoms with Crippen LogP contribution in [-0.2, 0) is 25.8 Å². The average molecular weight is 484 g/mol. The van der Waals surface area contributed by atoms with Gasteiger partial charge in [-0.2, -0.15) is 17.5 Å². The number of alkyl halides is 3. The first kappa shape index (κ1) is 24.2. The van der Waals surface area contributed by atoms with E-state index in [9.17, 15) is 36.0 Å². The van der Waals surface area contributed by atoms with Gasteiger partial charge in [-0.05, 0) is 42.5 Å². The van der Waals surface area contributed by atoms with E-state index in [0.717, 1.165) is 35.5 Å². The number of amides is 3. The van der Waals surface area contributed by atoms with Crippen molar-refractivity contribution in [2.45, 2.75) is 18.0 Å². The molecule has 3 amide bonds. The molecule has 3 N–H and O–H groups in total. The molecule has 13 heteroatoms. The number of halogens is 3. The summed E-state index contributed by atoms with van der Waals surface area (Å²) < 4.78 is 65.6. The number of sulfonamides is 1. The molecule has 0 atom stereocenters. The zero-order chi connectivity index (χ0) is 24.4. The van der Waals surface area contributed by atoms with Crippen molar-refractivity contribution >= 4 is 39.1 Å². The number of carbonyl (C=O) groups excluding carboxylic acids is 3. The lowest BCUT2D eigenvalue weighted by Crippen LogP contribution is -2.49. The smallest absolute Gasteiger partial charge is 0.354 e. The first-order valence-electron chi connectivity index (χ1n) is 9.55. The van der Waals surface area contributed by atoms with Crippen LogP contribution in [0.5, 0.6) is 0 Å². The molecular weight excluding hydrogens is 465 g/mol. The van der Waals surface area contributed by atoms with E-state index in [4.69, 9.17) is 0 Å². The average Bonchev–Trinajstić information content (AvgIpc) is 2.74. The van der Waals surface area contributed by atoms with E-state index in [1.165, 1.54) is 12.1 Å². The van der Waals surface area contributed by atoms with Crippen LogP contribution >= 0.6 is 0 Å². The van der Waals surface area contributed by atoms with Crippen LogP contribution in [0.15, 0.2) is 47.4 Å². The molecule has 0 aromatic heterocycles. The monoisotopic (exact) mass is 484 g/mol. The molecule has 1 aliphatic rings. The molecule has 0 aliphatic carbocycles. The van der Waals surface area contributed by atoms with Gasteiger partial charge < -0.3 is 16.0 Å². The van der Waals surface area contributed by atoms with Gasteiger partial charge in [0.05, 0.1) is 28.4 Å². The molecule has 0 saturated carbocycles. The lowest BCUT2D eigenvalue weighted by atomic mass is 10.1. The molecule has 1 fully saturated rings. The number of nitrogens with one attached hydrogen (secondary N) is 3. The second-order valence-electron chi connectivity index (χ2n) is 7.11. The minimum atomic E-state index is -4.67. The lowest BCUT2D eigenvalue weighted by molar-refractivity contribution is -0.137. The number of rotatable bonds is 5. The summed E-state index contributed by atoms with van der Waals surface area (Å²) in [5.74, 6) is -1.80. The highest BCUT2D eigenvalue weighted by atomic mass is 32.2. The lowest BCUT2D eigenvalue weighted by Gasteiger charge is -2.25. The highest BCUT2D eigenvalue weighted by molar-refractivity contribution is 7.89. The van der Waals surface area contributed by atoms with Crippen LogP contribution in [0.3, 0.4) is 0 Å². The third kappa shape index (κ3) is 5.68. The minimum Gasteiger partial charge on any atom is -0.354 e. The Balaban J connectivity index is 1.83. The zero-order valence-electron chi connectivity index (χ0n) is 17.2. The fourth-order valence-corrected chi connectivity index (χ4v) is 4.46. The van der Waals surface area contributed by atoms with Crippen molar-refractivity contribution in [3.63, 3.8) is 0 Å².